The second kappa shape index (κ2) is 8.69. The number of aromatic nitrogens is 2. The molecule has 0 unspecified atom stereocenters. The van der Waals surface area contributed by atoms with Crippen molar-refractivity contribution in [3.63, 3.8) is 0 Å². The summed E-state index contributed by atoms with van der Waals surface area (Å²) < 4.78 is 19.0. The lowest BCUT2D eigenvalue weighted by molar-refractivity contribution is 0.667. The molecule has 5 aromatic carbocycles. The molecular weight excluding hydrogens is 546 g/mol. The minimum atomic E-state index is 0.760. The van der Waals surface area contributed by atoms with Gasteiger partial charge in [0.1, 0.15) is 33.4 Å². The van der Waals surface area contributed by atoms with E-state index in [1.807, 2.05) is 42.5 Å². The van der Waals surface area contributed by atoms with Gasteiger partial charge < -0.3 is 18.2 Å². The Morgan fingerprint density at radius 1 is 0.455 bits per heavy atom. The van der Waals surface area contributed by atoms with Gasteiger partial charge in [-0.05, 0) is 72.1 Å². The molecule has 6 nitrogen and oxygen atoms in total. The number of para-hydroxylation sites is 1. The van der Waals surface area contributed by atoms with Crippen LogP contribution in [0.4, 0.5) is 17.1 Å². The van der Waals surface area contributed by atoms with Crippen molar-refractivity contribution in [1.82, 2.24) is 9.97 Å². The highest BCUT2D eigenvalue weighted by Crippen LogP contribution is 2.47. The van der Waals surface area contributed by atoms with Gasteiger partial charge in [0.15, 0.2) is 11.2 Å². The highest BCUT2D eigenvalue weighted by atomic mass is 16.3. The summed E-state index contributed by atoms with van der Waals surface area (Å²) in [6.45, 7) is 0. The highest BCUT2D eigenvalue weighted by molar-refractivity contribution is 6.22. The molecule has 0 aliphatic rings. The predicted octanol–water partition coefficient (Wildman–Crippen LogP) is 10.8. The zero-order valence-corrected chi connectivity index (χ0v) is 23.2. The van der Waals surface area contributed by atoms with Crippen LogP contribution in [0.15, 0.2) is 141 Å². The molecule has 0 N–H and O–H groups in total. The van der Waals surface area contributed by atoms with Crippen LogP contribution >= 0.6 is 0 Å². The number of anilines is 3. The molecule has 206 valence electrons. The molecule has 0 fully saturated rings. The molecule has 0 spiro atoms. The molecular formula is C38H21N3O3. The lowest BCUT2D eigenvalue weighted by Gasteiger charge is -2.26. The summed E-state index contributed by atoms with van der Waals surface area (Å²) in [7, 11) is 0. The fourth-order valence-corrected chi connectivity index (χ4v) is 6.59. The number of hydrogen-bond donors (Lipinski definition) is 0. The van der Waals surface area contributed by atoms with Crippen LogP contribution in [0.25, 0.3) is 76.8 Å². The Hall–Kier alpha value is -6.14. The molecule has 10 rings (SSSR count). The van der Waals surface area contributed by atoms with Crippen molar-refractivity contribution in [2.75, 3.05) is 4.90 Å². The smallest absolute Gasteiger partial charge is 0.153 e. The highest BCUT2D eigenvalue weighted by Gasteiger charge is 2.23. The Balaban J connectivity index is 1.33. The van der Waals surface area contributed by atoms with E-state index in [1.165, 1.54) is 0 Å². The first-order valence-electron chi connectivity index (χ1n) is 14.5. The van der Waals surface area contributed by atoms with E-state index in [4.69, 9.17) is 13.3 Å². The number of nitrogens with zero attached hydrogens (tertiary/aromatic N) is 3. The minimum Gasteiger partial charge on any atom is -0.455 e. The van der Waals surface area contributed by atoms with Gasteiger partial charge in [0.05, 0.1) is 11.1 Å². The Kier molecular flexibility index (Phi) is 4.63. The largest absolute Gasteiger partial charge is 0.455 e. The van der Waals surface area contributed by atoms with Gasteiger partial charge >= 0.3 is 0 Å². The van der Waals surface area contributed by atoms with Gasteiger partial charge in [0, 0.05) is 51.4 Å². The molecule has 10 aromatic rings. The van der Waals surface area contributed by atoms with E-state index in [9.17, 15) is 0 Å². The van der Waals surface area contributed by atoms with E-state index >= 15 is 0 Å². The Morgan fingerprint density at radius 2 is 1.11 bits per heavy atom. The van der Waals surface area contributed by atoms with Gasteiger partial charge in [0.25, 0.3) is 0 Å². The fraction of sp³-hybridized carbons (Fsp3) is 0. The van der Waals surface area contributed by atoms with Gasteiger partial charge in [0.2, 0.25) is 0 Å². The van der Waals surface area contributed by atoms with Crippen molar-refractivity contribution < 1.29 is 13.3 Å². The summed E-state index contributed by atoms with van der Waals surface area (Å²) in [6.07, 6.45) is 3.60. The zero-order chi connectivity index (χ0) is 28.8. The predicted molar refractivity (Wildman–Crippen MR) is 176 cm³/mol. The van der Waals surface area contributed by atoms with Crippen molar-refractivity contribution in [1.29, 1.82) is 0 Å². The molecule has 0 atom stereocenters. The number of furan rings is 3. The zero-order valence-electron chi connectivity index (χ0n) is 23.2. The standard InChI is InChI=1S/C38H21N3O3/c1-2-8-25-22(7-1)19-29(35-26-9-3-4-10-30(26)44-38(25)35)41(23-14-16-31-28(20-23)37-33(42-31)12-6-18-40-37)24-13-15-27-34(21-24)43-32-11-5-17-39-36(27)32/h1-21H. The summed E-state index contributed by atoms with van der Waals surface area (Å²) >= 11 is 0. The molecule has 44 heavy (non-hydrogen) atoms. The summed E-state index contributed by atoms with van der Waals surface area (Å²) in [6, 6.07) is 39.1. The first kappa shape index (κ1) is 23.4. The molecule has 0 saturated heterocycles. The van der Waals surface area contributed by atoms with E-state index in [2.05, 4.69) is 87.7 Å². The monoisotopic (exact) mass is 567 g/mol. The van der Waals surface area contributed by atoms with E-state index in [-0.39, 0.29) is 0 Å². The third-order valence-electron chi connectivity index (χ3n) is 8.53. The van der Waals surface area contributed by atoms with Crippen molar-refractivity contribution in [3.05, 3.63) is 128 Å². The third-order valence-corrected chi connectivity index (χ3v) is 8.53. The maximum Gasteiger partial charge on any atom is 0.153 e. The van der Waals surface area contributed by atoms with Crippen LogP contribution in [0, 0.1) is 0 Å². The number of rotatable bonds is 3. The fourth-order valence-electron chi connectivity index (χ4n) is 6.59. The minimum absolute atomic E-state index is 0.760. The lowest BCUT2D eigenvalue weighted by atomic mass is 10.0. The summed E-state index contributed by atoms with van der Waals surface area (Å²) in [5, 5.41) is 6.18. The average Bonchev–Trinajstić information content (AvgIpc) is 3.76. The van der Waals surface area contributed by atoms with Crippen molar-refractivity contribution in [2.24, 2.45) is 0 Å². The topological polar surface area (TPSA) is 68.4 Å². The summed E-state index contributed by atoms with van der Waals surface area (Å²) in [5.41, 5.74) is 9.37. The first-order chi connectivity index (χ1) is 21.8. The van der Waals surface area contributed by atoms with Crippen LogP contribution in [0.5, 0.6) is 0 Å². The lowest BCUT2D eigenvalue weighted by Crippen LogP contribution is -2.10. The number of hydrogen-bond acceptors (Lipinski definition) is 6. The molecule has 0 radical (unpaired) electrons. The van der Waals surface area contributed by atoms with E-state index in [0.717, 1.165) is 93.9 Å². The van der Waals surface area contributed by atoms with Crippen LogP contribution < -0.4 is 4.90 Å². The van der Waals surface area contributed by atoms with E-state index < -0.39 is 0 Å². The molecule has 5 heterocycles. The maximum absolute atomic E-state index is 6.58. The normalized spacial score (nSPS) is 12.1. The Labute approximate surface area is 249 Å². The first-order valence-corrected chi connectivity index (χ1v) is 14.5. The van der Waals surface area contributed by atoms with Gasteiger partial charge in [-0.15, -0.1) is 0 Å². The van der Waals surface area contributed by atoms with Crippen molar-refractivity contribution in [2.45, 2.75) is 0 Å². The third kappa shape index (κ3) is 3.25. The molecule has 0 saturated carbocycles. The van der Waals surface area contributed by atoms with Gasteiger partial charge in [-0.3, -0.25) is 9.97 Å². The number of fused-ring (bicyclic) bond motifs is 11. The quantitative estimate of drug-likeness (QED) is 0.212. The maximum atomic E-state index is 6.58. The van der Waals surface area contributed by atoms with E-state index in [0.29, 0.717) is 0 Å². The number of pyridine rings is 2. The molecule has 0 amide bonds. The molecule has 0 aliphatic heterocycles. The second-order valence-electron chi connectivity index (χ2n) is 11.0. The van der Waals surface area contributed by atoms with Crippen LogP contribution in [-0.2, 0) is 0 Å². The van der Waals surface area contributed by atoms with Crippen molar-refractivity contribution >= 4 is 93.9 Å². The van der Waals surface area contributed by atoms with Crippen molar-refractivity contribution in [3.8, 4) is 0 Å². The molecule has 0 bridgehead atoms. The van der Waals surface area contributed by atoms with Gasteiger partial charge in [-0.1, -0.05) is 42.5 Å². The molecule has 6 heteroatoms. The summed E-state index contributed by atoms with van der Waals surface area (Å²) in [5.74, 6) is 0. The number of benzene rings is 5. The average molecular weight is 568 g/mol. The van der Waals surface area contributed by atoms with Gasteiger partial charge in [-0.25, -0.2) is 0 Å². The van der Waals surface area contributed by atoms with Crippen LogP contribution in [0.3, 0.4) is 0 Å². The SMILES string of the molecule is c1ccc2c(c1)cc(N(c1ccc3c(c1)oc1cccnc13)c1ccc3oc4cccnc4c3c1)c1c3ccccc3oc21. The van der Waals surface area contributed by atoms with E-state index in [1.54, 1.807) is 12.4 Å². The summed E-state index contributed by atoms with van der Waals surface area (Å²) in [4.78, 5) is 11.5. The Bertz CT molecular complexity index is 2750. The van der Waals surface area contributed by atoms with Gasteiger partial charge in [-0.2, -0.15) is 0 Å². The van der Waals surface area contributed by atoms with Crippen LogP contribution in [0.1, 0.15) is 0 Å². The van der Waals surface area contributed by atoms with Crippen LogP contribution in [-0.4, -0.2) is 9.97 Å². The Morgan fingerprint density at radius 3 is 1.98 bits per heavy atom. The second-order valence-corrected chi connectivity index (χ2v) is 11.0. The molecule has 0 aliphatic carbocycles. The molecule has 5 aromatic heterocycles. The van der Waals surface area contributed by atoms with Crippen LogP contribution in [0.2, 0.25) is 0 Å².